The summed E-state index contributed by atoms with van der Waals surface area (Å²) < 4.78 is 0. The van der Waals surface area contributed by atoms with Crippen molar-refractivity contribution >= 4 is 5.71 Å². The molecule has 2 nitrogen and oxygen atoms in total. The molecule has 1 spiro atoms. The summed E-state index contributed by atoms with van der Waals surface area (Å²) >= 11 is 0. The summed E-state index contributed by atoms with van der Waals surface area (Å²) in [7, 11) is 1.93. The van der Waals surface area contributed by atoms with E-state index in [1.54, 1.807) is 0 Å². The quantitative estimate of drug-likeness (QED) is 0.746. The molecule has 0 aromatic heterocycles. The molecule has 1 fully saturated rings. The third kappa shape index (κ3) is 4.31. The molecular formula is C17H32N2. The van der Waals surface area contributed by atoms with E-state index in [1.165, 1.54) is 24.1 Å². The Morgan fingerprint density at radius 3 is 2.26 bits per heavy atom. The van der Waals surface area contributed by atoms with E-state index in [0.717, 1.165) is 19.5 Å². The Hall–Kier alpha value is -0.890. The molecule has 0 radical (unpaired) electrons. The van der Waals surface area contributed by atoms with Gasteiger partial charge >= 0.3 is 0 Å². The molecule has 1 N–H and O–H groups in total. The minimum atomic E-state index is 0.251. The lowest BCUT2D eigenvalue weighted by Gasteiger charge is -2.33. The van der Waals surface area contributed by atoms with Crippen LogP contribution in [0.3, 0.4) is 0 Å². The van der Waals surface area contributed by atoms with Crippen LogP contribution < -0.4 is 5.32 Å². The highest BCUT2D eigenvalue weighted by Crippen LogP contribution is 2.40. The van der Waals surface area contributed by atoms with E-state index in [0.29, 0.717) is 0 Å². The molecule has 0 aromatic carbocycles. The monoisotopic (exact) mass is 264 g/mol. The van der Waals surface area contributed by atoms with Gasteiger partial charge in [-0.05, 0) is 37.9 Å². The number of piperidine rings is 1. The fraction of sp³-hybridized carbons (Fsp3) is 0.706. The smallest absolute Gasteiger partial charge is 0.0514 e. The van der Waals surface area contributed by atoms with Gasteiger partial charge in [0.2, 0.25) is 0 Å². The van der Waals surface area contributed by atoms with Gasteiger partial charge in [0, 0.05) is 12.5 Å². The van der Waals surface area contributed by atoms with Crippen molar-refractivity contribution < 1.29 is 0 Å². The molecule has 1 aliphatic heterocycles. The first-order valence-electron chi connectivity index (χ1n) is 7.90. The molecule has 0 aromatic rings. The zero-order valence-electron chi connectivity index (χ0n) is 13.7. The number of nitrogens with one attached hydrogen (secondary N) is 1. The van der Waals surface area contributed by atoms with E-state index in [9.17, 15) is 0 Å². The first-order chi connectivity index (χ1) is 9.32. The maximum absolute atomic E-state index is 4.52. The summed E-state index contributed by atoms with van der Waals surface area (Å²) in [5, 5.41) is 3.42. The lowest BCUT2D eigenvalue weighted by atomic mass is 9.76. The third-order valence-corrected chi connectivity index (χ3v) is 3.47. The molecule has 1 aliphatic carbocycles. The van der Waals surface area contributed by atoms with Crippen molar-refractivity contribution in [2.24, 2.45) is 10.4 Å². The zero-order valence-corrected chi connectivity index (χ0v) is 13.7. The van der Waals surface area contributed by atoms with Crippen molar-refractivity contribution in [3.8, 4) is 0 Å². The molecule has 110 valence electrons. The summed E-state index contributed by atoms with van der Waals surface area (Å²) in [4.78, 5) is 4.52. The van der Waals surface area contributed by atoms with Crippen LogP contribution in [0.1, 0.15) is 53.9 Å². The molecule has 2 aliphatic rings. The lowest BCUT2D eigenvalue weighted by Crippen LogP contribution is -2.39. The van der Waals surface area contributed by atoms with E-state index in [2.05, 4.69) is 35.5 Å². The van der Waals surface area contributed by atoms with Crippen molar-refractivity contribution in [1.82, 2.24) is 5.32 Å². The van der Waals surface area contributed by atoms with Gasteiger partial charge in [-0.2, -0.15) is 0 Å². The van der Waals surface area contributed by atoms with Gasteiger partial charge in [-0.25, -0.2) is 0 Å². The van der Waals surface area contributed by atoms with Crippen molar-refractivity contribution in [1.29, 1.82) is 0 Å². The van der Waals surface area contributed by atoms with E-state index >= 15 is 0 Å². The summed E-state index contributed by atoms with van der Waals surface area (Å²) in [6.07, 6.45) is 10.4. The van der Waals surface area contributed by atoms with Crippen LogP contribution in [0.2, 0.25) is 0 Å². The first kappa shape index (κ1) is 18.1. The second-order valence-electron chi connectivity index (χ2n) is 4.38. The van der Waals surface area contributed by atoms with Crippen molar-refractivity contribution in [2.45, 2.75) is 53.9 Å². The predicted octanol–water partition coefficient (Wildman–Crippen LogP) is 4.39. The Labute approximate surface area is 120 Å². The maximum atomic E-state index is 4.52. The average molecular weight is 264 g/mol. The SMILES string of the molecule is CC.CC.CC/C=C1/C=CC2(CCNCC2)C1=NC. The van der Waals surface area contributed by atoms with Gasteiger partial charge in [0.1, 0.15) is 0 Å². The predicted molar refractivity (Wildman–Crippen MR) is 88.1 cm³/mol. The number of hydrogen-bond donors (Lipinski definition) is 1. The Morgan fingerprint density at radius 1 is 1.21 bits per heavy atom. The maximum Gasteiger partial charge on any atom is 0.0514 e. The average Bonchev–Trinajstić information content (AvgIpc) is 2.82. The number of nitrogens with zero attached hydrogens (tertiary/aromatic N) is 1. The molecule has 0 atom stereocenters. The van der Waals surface area contributed by atoms with E-state index in [-0.39, 0.29) is 5.41 Å². The normalized spacial score (nSPS) is 23.9. The largest absolute Gasteiger partial charge is 0.317 e. The van der Waals surface area contributed by atoms with Gasteiger partial charge in [0.25, 0.3) is 0 Å². The fourth-order valence-electron chi connectivity index (χ4n) is 2.71. The Balaban J connectivity index is 0.000000741. The number of hydrogen-bond acceptors (Lipinski definition) is 2. The van der Waals surface area contributed by atoms with Crippen molar-refractivity contribution in [3.63, 3.8) is 0 Å². The van der Waals surface area contributed by atoms with Crippen molar-refractivity contribution in [3.05, 3.63) is 23.8 Å². The first-order valence-corrected chi connectivity index (χ1v) is 7.90. The van der Waals surface area contributed by atoms with Crippen LogP contribution in [0.4, 0.5) is 0 Å². The van der Waals surface area contributed by atoms with Crippen LogP contribution >= 0.6 is 0 Å². The number of rotatable bonds is 1. The lowest BCUT2D eigenvalue weighted by molar-refractivity contribution is 0.372. The minimum absolute atomic E-state index is 0.251. The molecule has 0 amide bonds. The van der Waals surface area contributed by atoms with Crippen molar-refractivity contribution in [2.75, 3.05) is 20.1 Å². The Morgan fingerprint density at radius 2 is 1.79 bits per heavy atom. The van der Waals surface area contributed by atoms with Gasteiger partial charge in [-0.15, -0.1) is 0 Å². The highest BCUT2D eigenvalue weighted by molar-refractivity contribution is 6.10. The highest BCUT2D eigenvalue weighted by atomic mass is 14.9. The molecule has 0 saturated carbocycles. The van der Waals surface area contributed by atoms with E-state index < -0.39 is 0 Å². The number of aliphatic imine (C=N–C) groups is 1. The number of allylic oxidation sites excluding steroid dienone is 4. The van der Waals surface area contributed by atoms with Crippen LogP contribution in [0.25, 0.3) is 0 Å². The summed E-state index contributed by atoms with van der Waals surface area (Å²) in [5.74, 6) is 0. The van der Waals surface area contributed by atoms with Crippen LogP contribution in [0.15, 0.2) is 28.8 Å². The second-order valence-corrected chi connectivity index (χ2v) is 4.38. The molecule has 0 unspecified atom stereocenters. The summed E-state index contributed by atoms with van der Waals surface area (Å²) in [6.45, 7) is 12.4. The molecule has 2 rings (SSSR count). The molecule has 19 heavy (non-hydrogen) atoms. The standard InChI is InChI=1S/C13H20N2.2C2H6/c1-3-4-11-5-6-13(12(11)14-2)7-9-15-10-8-13;2*1-2/h4-6,15H,3,7-10H2,1-2H3;2*1-2H3/b11-4-,14-12?;;. The minimum Gasteiger partial charge on any atom is -0.317 e. The molecular weight excluding hydrogens is 232 g/mol. The molecule has 2 heteroatoms. The summed E-state index contributed by atoms with van der Waals surface area (Å²) in [5.41, 5.74) is 2.91. The topological polar surface area (TPSA) is 24.4 Å². The van der Waals surface area contributed by atoms with Gasteiger partial charge in [0.15, 0.2) is 0 Å². The zero-order chi connectivity index (χ0) is 14.7. The molecule has 1 saturated heterocycles. The van der Waals surface area contributed by atoms with Gasteiger partial charge in [-0.3, -0.25) is 4.99 Å². The van der Waals surface area contributed by atoms with E-state index in [1.807, 2.05) is 34.7 Å². The van der Waals surface area contributed by atoms with Crippen LogP contribution in [0.5, 0.6) is 0 Å². The molecule has 1 heterocycles. The summed E-state index contributed by atoms with van der Waals surface area (Å²) in [6, 6.07) is 0. The molecule has 0 bridgehead atoms. The Kier molecular flexibility index (Phi) is 9.50. The van der Waals surface area contributed by atoms with Gasteiger partial charge in [-0.1, -0.05) is 52.8 Å². The Bertz CT molecular complexity index is 318. The fourth-order valence-corrected chi connectivity index (χ4v) is 2.71. The second kappa shape index (κ2) is 9.96. The van der Waals surface area contributed by atoms with Gasteiger partial charge in [0.05, 0.1) is 5.71 Å². The van der Waals surface area contributed by atoms with Crippen LogP contribution in [-0.2, 0) is 0 Å². The highest BCUT2D eigenvalue weighted by Gasteiger charge is 2.38. The van der Waals surface area contributed by atoms with E-state index in [4.69, 9.17) is 0 Å². The third-order valence-electron chi connectivity index (χ3n) is 3.47. The van der Waals surface area contributed by atoms with Gasteiger partial charge < -0.3 is 5.32 Å². The van der Waals surface area contributed by atoms with Crippen LogP contribution in [0, 0.1) is 5.41 Å². The van der Waals surface area contributed by atoms with Crippen LogP contribution in [-0.4, -0.2) is 25.8 Å².